The number of esters is 1. The molecule has 0 heterocycles. The molecule has 0 fully saturated rings. The normalized spacial score (nSPS) is 11.5. The SMILES string of the molecule is CCc1ccc(CC(=O)OC(CC)C(=O)Nc2ccc(OC)cc2)cc1. The van der Waals surface area contributed by atoms with Gasteiger partial charge in [0.2, 0.25) is 0 Å². The molecule has 5 heteroatoms. The Balaban J connectivity index is 1.91. The zero-order valence-electron chi connectivity index (χ0n) is 15.5. The minimum atomic E-state index is -0.820. The van der Waals surface area contributed by atoms with Gasteiger partial charge in [0.15, 0.2) is 6.10 Å². The van der Waals surface area contributed by atoms with E-state index in [0.717, 1.165) is 12.0 Å². The number of hydrogen-bond acceptors (Lipinski definition) is 4. The zero-order chi connectivity index (χ0) is 18.9. The predicted octanol–water partition coefficient (Wildman–Crippen LogP) is 3.76. The van der Waals surface area contributed by atoms with E-state index in [0.29, 0.717) is 17.9 Å². The molecule has 2 aromatic rings. The molecule has 138 valence electrons. The number of benzene rings is 2. The van der Waals surface area contributed by atoms with Crippen molar-refractivity contribution in [3.05, 3.63) is 59.7 Å². The lowest BCUT2D eigenvalue weighted by Gasteiger charge is -2.16. The second kappa shape index (κ2) is 9.61. The maximum Gasteiger partial charge on any atom is 0.311 e. The van der Waals surface area contributed by atoms with Crippen molar-refractivity contribution in [1.29, 1.82) is 0 Å². The molecular formula is C21H25NO4. The summed E-state index contributed by atoms with van der Waals surface area (Å²) < 4.78 is 10.4. The van der Waals surface area contributed by atoms with Crippen molar-refractivity contribution in [3.8, 4) is 5.75 Å². The fraction of sp³-hybridized carbons (Fsp3) is 0.333. The van der Waals surface area contributed by atoms with Crippen molar-refractivity contribution in [2.24, 2.45) is 0 Å². The van der Waals surface area contributed by atoms with Crippen molar-refractivity contribution in [1.82, 2.24) is 0 Å². The van der Waals surface area contributed by atoms with Crippen LogP contribution in [0.15, 0.2) is 48.5 Å². The van der Waals surface area contributed by atoms with Gasteiger partial charge >= 0.3 is 5.97 Å². The van der Waals surface area contributed by atoms with Crippen LogP contribution in [-0.4, -0.2) is 25.1 Å². The van der Waals surface area contributed by atoms with Crippen LogP contribution in [0, 0.1) is 0 Å². The first-order valence-corrected chi connectivity index (χ1v) is 8.77. The van der Waals surface area contributed by atoms with Gasteiger partial charge in [0, 0.05) is 5.69 Å². The van der Waals surface area contributed by atoms with Gasteiger partial charge in [-0.15, -0.1) is 0 Å². The van der Waals surface area contributed by atoms with E-state index in [4.69, 9.17) is 9.47 Å². The number of anilines is 1. The third-order valence-corrected chi connectivity index (χ3v) is 4.07. The van der Waals surface area contributed by atoms with Gasteiger partial charge in [-0.2, -0.15) is 0 Å². The summed E-state index contributed by atoms with van der Waals surface area (Å²) >= 11 is 0. The summed E-state index contributed by atoms with van der Waals surface area (Å²) in [7, 11) is 1.58. The molecule has 0 saturated carbocycles. The Bertz CT molecular complexity index is 723. The minimum Gasteiger partial charge on any atom is -0.497 e. The Morgan fingerprint density at radius 2 is 1.58 bits per heavy atom. The molecule has 0 bridgehead atoms. The quantitative estimate of drug-likeness (QED) is 0.732. The van der Waals surface area contributed by atoms with Crippen LogP contribution in [0.25, 0.3) is 0 Å². The number of amides is 1. The molecule has 2 rings (SSSR count). The average Bonchev–Trinajstić information content (AvgIpc) is 2.67. The molecule has 1 unspecified atom stereocenters. The van der Waals surface area contributed by atoms with E-state index in [1.807, 2.05) is 31.2 Å². The first-order chi connectivity index (χ1) is 12.5. The lowest BCUT2D eigenvalue weighted by atomic mass is 10.1. The predicted molar refractivity (Wildman–Crippen MR) is 101 cm³/mol. The van der Waals surface area contributed by atoms with Gasteiger partial charge < -0.3 is 14.8 Å². The summed E-state index contributed by atoms with van der Waals surface area (Å²) in [6, 6.07) is 14.8. The van der Waals surface area contributed by atoms with Gasteiger partial charge in [0.1, 0.15) is 5.75 Å². The van der Waals surface area contributed by atoms with Crippen molar-refractivity contribution < 1.29 is 19.1 Å². The molecule has 1 atom stereocenters. The topological polar surface area (TPSA) is 64.6 Å². The lowest BCUT2D eigenvalue weighted by Crippen LogP contribution is -2.32. The Morgan fingerprint density at radius 1 is 0.962 bits per heavy atom. The van der Waals surface area contributed by atoms with Crippen LogP contribution in [0.4, 0.5) is 5.69 Å². The number of carbonyl (C=O) groups is 2. The summed E-state index contributed by atoms with van der Waals surface area (Å²) in [5, 5.41) is 2.76. The highest BCUT2D eigenvalue weighted by molar-refractivity contribution is 5.95. The summed E-state index contributed by atoms with van der Waals surface area (Å²) in [5.74, 6) is -0.0473. The molecule has 0 aliphatic carbocycles. The molecule has 26 heavy (non-hydrogen) atoms. The maximum atomic E-state index is 12.4. The summed E-state index contributed by atoms with van der Waals surface area (Å²) in [6.07, 6.45) is 0.687. The van der Waals surface area contributed by atoms with Crippen molar-refractivity contribution in [2.75, 3.05) is 12.4 Å². The first kappa shape index (κ1) is 19.5. The fourth-order valence-corrected chi connectivity index (χ4v) is 2.48. The summed E-state index contributed by atoms with van der Waals surface area (Å²) in [5.41, 5.74) is 2.71. The van der Waals surface area contributed by atoms with E-state index in [9.17, 15) is 9.59 Å². The van der Waals surface area contributed by atoms with Gasteiger partial charge in [0.05, 0.1) is 13.5 Å². The molecule has 0 spiro atoms. The monoisotopic (exact) mass is 355 g/mol. The van der Waals surface area contributed by atoms with Gasteiger partial charge in [-0.05, 0) is 48.2 Å². The molecule has 2 aromatic carbocycles. The Kier molecular flexibility index (Phi) is 7.21. The highest BCUT2D eigenvalue weighted by Crippen LogP contribution is 2.16. The van der Waals surface area contributed by atoms with Crippen LogP contribution < -0.4 is 10.1 Å². The van der Waals surface area contributed by atoms with E-state index >= 15 is 0 Å². The van der Waals surface area contributed by atoms with Crippen LogP contribution in [-0.2, 0) is 27.2 Å². The van der Waals surface area contributed by atoms with E-state index in [1.165, 1.54) is 5.56 Å². The Hall–Kier alpha value is -2.82. The molecule has 0 aromatic heterocycles. The van der Waals surface area contributed by atoms with Crippen LogP contribution >= 0.6 is 0 Å². The van der Waals surface area contributed by atoms with Crippen LogP contribution in [0.2, 0.25) is 0 Å². The van der Waals surface area contributed by atoms with E-state index in [-0.39, 0.29) is 12.3 Å². The minimum absolute atomic E-state index is 0.149. The van der Waals surface area contributed by atoms with E-state index in [1.54, 1.807) is 31.4 Å². The fourth-order valence-electron chi connectivity index (χ4n) is 2.48. The molecule has 0 radical (unpaired) electrons. The second-order valence-electron chi connectivity index (χ2n) is 5.95. The standard InChI is InChI=1S/C21H25NO4/c1-4-15-6-8-16(9-7-15)14-20(23)26-19(5-2)21(24)22-17-10-12-18(25-3)13-11-17/h6-13,19H,4-5,14H2,1-3H3,(H,22,24). The van der Waals surface area contributed by atoms with Gasteiger partial charge in [-0.25, -0.2) is 0 Å². The van der Waals surface area contributed by atoms with Gasteiger partial charge in [0.25, 0.3) is 5.91 Å². The van der Waals surface area contributed by atoms with Gasteiger partial charge in [-0.1, -0.05) is 38.1 Å². The Labute approximate surface area is 154 Å². The third kappa shape index (κ3) is 5.62. The van der Waals surface area contributed by atoms with Crippen molar-refractivity contribution in [2.45, 2.75) is 39.2 Å². The van der Waals surface area contributed by atoms with E-state index in [2.05, 4.69) is 12.2 Å². The number of nitrogens with one attached hydrogen (secondary N) is 1. The van der Waals surface area contributed by atoms with E-state index < -0.39 is 12.1 Å². The van der Waals surface area contributed by atoms with Gasteiger partial charge in [-0.3, -0.25) is 9.59 Å². The average molecular weight is 355 g/mol. The largest absolute Gasteiger partial charge is 0.497 e. The summed E-state index contributed by atoms with van der Waals surface area (Å²) in [6.45, 7) is 3.89. The van der Waals surface area contributed by atoms with Crippen LogP contribution in [0.5, 0.6) is 5.75 Å². The Morgan fingerprint density at radius 3 is 2.12 bits per heavy atom. The number of aryl methyl sites for hydroxylation is 1. The number of ether oxygens (including phenoxy) is 2. The second-order valence-corrected chi connectivity index (χ2v) is 5.95. The lowest BCUT2D eigenvalue weighted by molar-refractivity contribution is -0.153. The highest BCUT2D eigenvalue weighted by atomic mass is 16.5. The third-order valence-electron chi connectivity index (χ3n) is 4.07. The molecule has 0 aliphatic heterocycles. The molecule has 5 nitrogen and oxygen atoms in total. The molecule has 0 aliphatic rings. The molecule has 1 N–H and O–H groups in total. The number of carbonyl (C=O) groups excluding carboxylic acids is 2. The molecule has 0 saturated heterocycles. The molecule has 1 amide bonds. The first-order valence-electron chi connectivity index (χ1n) is 8.77. The number of hydrogen-bond donors (Lipinski definition) is 1. The molecular weight excluding hydrogens is 330 g/mol. The highest BCUT2D eigenvalue weighted by Gasteiger charge is 2.21. The van der Waals surface area contributed by atoms with Crippen molar-refractivity contribution in [3.63, 3.8) is 0 Å². The summed E-state index contributed by atoms with van der Waals surface area (Å²) in [4.78, 5) is 24.5. The van der Waals surface area contributed by atoms with Crippen LogP contribution in [0.1, 0.15) is 31.4 Å². The number of methoxy groups -OCH3 is 1. The smallest absolute Gasteiger partial charge is 0.311 e. The van der Waals surface area contributed by atoms with Crippen molar-refractivity contribution >= 4 is 17.6 Å². The number of rotatable bonds is 8. The maximum absolute atomic E-state index is 12.4. The zero-order valence-corrected chi connectivity index (χ0v) is 15.5. The van der Waals surface area contributed by atoms with Crippen LogP contribution in [0.3, 0.4) is 0 Å².